The summed E-state index contributed by atoms with van der Waals surface area (Å²) in [5.41, 5.74) is 4.00. The summed E-state index contributed by atoms with van der Waals surface area (Å²) in [5.74, 6) is 0. The lowest BCUT2D eigenvalue weighted by Crippen LogP contribution is -2.18. The SMILES string of the molecule is COCCNCc1cccc2c1ccn2Cc1ccsc1. The average molecular weight is 300 g/mol. The van der Waals surface area contributed by atoms with Gasteiger partial charge in [0.2, 0.25) is 0 Å². The van der Waals surface area contributed by atoms with E-state index in [9.17, 15) is 0 Å². The highest BCUT2D eigenvalue weighted by molar-refractivity contribution is 7.07. The van der Waals surface area contributed by atoms with Crippen molar-refractivity contribution >= 4 is 22.2 Å². The highest BCUT2D eigenvalue weighted by Gasteiger charge is 2.06. The van der Waals surface area contributed by atoms with Crippen molar-refractivity contribution in [1.82, 2.24) is 9.88 Å². The van der Waals surface area contributed by atoms with E-state index in [1.807, 2.05) is 0 Å². The Morgan fingerprint density at radius 3 is 3.00 bits per heavy atom. The molecule has 3 rings (SSSR count). The number of rotatable bonds is 7. The Hall–Kier alpha value is -1.62. The van der Waals surface area contributed by atoms with Crippen LogP contribution >= 0.6 is 11.3 Å². The Labute approximate surface area is 129 Å². The van der Waals surface area contributed by atoms with E-state index in [1.165, 1.54) is 22.0 Å². The molecule has 21 heavy (non-hydrogen) atoms. The molecule has 2 aromatic heterocycles. The smallest absolute Gasteiger partial charge is 0.0587 e. The molecule has 0 unspecified atom stereocenters. The van der Waals surface area contributed by atoms with E-state index in [0.29, 0.717) is 0 Å². The predicted octanol–water partition coefficient (Wildman–Crippen LogP) is 3.49. The van der Waals surface area contributed by atoms with Crippen molar-refractivity contribution in [3.63, 3.8) is 0 Å². The van der Waals surface area contributed by atoms with Crippen LogP contribution < -0.4 is 5.32 Å². The van der Waals surface area contributed by atoms with Crippen molar-refractivity contribution in [2.75, 3.05) is 20.3 Å². The zero-order valence-corrected chi connectivity index (χ0v) is 13.0. The lowest BCUT2D eigenvalue weighted by Gasteiger charge is -2.08. The molecule has 0 atom stereocenters. The minimum absolute atomic E-state index is 0.745. The van der Waals surface area contributed by atoms with Gasteiger partial charge in [-0.1, -0.05) is 12.1 Å². The minimum atomic E-state index is 0.745. The molecule has 4 heteroatoms. The fourth-order valence-corrected chi connectivity index (χ4v) is 3.22. The Morgan fingerprint density at radius 2 is 2.19 bits per heavy atom. The average Bonchev–Trinajstić information content (AvgIpc) is 3.15. The number of benzene rings is 1. The molecular formula is C17H20N2OS. The second-order valence-electron chi connectivity index (χ2n) is 5.09. The molecule has 0 radical (unpaired) electrons. The maximum absolute atomic E-state index is 5.06. The lowest BCUT2D eigenvalue weighted by atomic mass is 10.1. The van der Waals surface area contributed by atoms with E-state index in [1.54, 1.807) is 18.4 Å². The Kier molecular flexibility index (Phi) is 4.70. The van der Waals surface area contributed by atoms with Crippen LogP contribution in [0.3, 0.4) is 0 Å². The van der Waals surface area contributed by atoms with E-state index >= 15 is 0 Å². The molecular weight excluding hydrogens is 280 g/mol. The van der Waals surface area contributed by atoms with Crippen molar-refractivity contribution in [3.8, 4) is 0 Å². The molecule has 2 heterocycles. The number of methoxy groups -OCH3 is 1. The van der Waals surface area contributed by atoms with Crippen molar-refractivity contribution in [1.29, 1.82) is 0 Å². The minimum Gasteiger partial charge on any atom is -0.383 e. The second kappa shape index (κ2) is 6.89. The predicted molar refractivity (Wildman–Crippen MR) is 88.9 cm³/mol. The van der Waals surface area contributed by atoms with Gasteiger partial charge in [-0.05, 0) is 40.1 Å². The van der Waals surface area contributed by atoms with Crippen molar-refractivity contribution in [3.05, 3.63) is 58.4 Å². The van der Waals surface area contributed by atoms with Crippen LogP contribution in [-0.4, -0.2) is 24.8 Å². The van der Waals surface area contributed by atoms with Gasteiger partial charge in [-0.15, -0.1) is 0 Å². The van der Waals surface area contributed by atoms with E-state index in [-0.39, 0.29) is 0 Å². The standard InChI is InChI=1S/C17H20N2OS/c1-20-9-7-18-11-15-3-2-4-17-16(15)5-8-19(17)12-14-6-10-21-13-14/h2-6,8,10,13,18H,7,9,11-12H2,1H3. The van der Waals surface area contributed by atoms with Gasteiger partial charge in [0.1, 0.15) is 0 Å². The first-order valence-corrected chi connectivity index (χ1v) is 8.10. The van der Waals surface area contributed by atoms with Gasteiger partial charge in [0, 0.05) is 43.8 Å². The zero-order valence-electron chi connectivity index (χ0n) is 12.2. The van der Waals surface area contributed by atoms with Gasteiger partial charge in [0.15, 0.2) is 0 Å². The highest BCUT2D eigenvalue weighted by atomic mass is 32.1. The van der Waals surface area contributed by atoms with E-state index in [4.69, 9.17) is 4.74 Å². The summed E-state index contributed by atoms with van der Waals surface area (Å²) in [6.45, 7) is 3.44. The number of aromatic nitrogens is 1. The first-order chi connectivity index (χ1) is 10.4. The number of nitrogens with one attached hydrogen (secondary N) is 1. The van der Waals surface area contributed by atoms with Crippen LogP contribution in [0.2, 0.25) is 0 Å². The quantitative estimate of drug-likeness (QED) is 0.676. The molecule has 1 N–H and O–H groups in total. The molecule has 0 aliphatic rings. The molecule has 3 aromatic rings. The molecule has 0 bridgehead atoms. The number of ether oxygens (including phenoxy) is 1. The molecule has 0 amide bonds. The molecule has 0 saturated carbocycles. The van der Waals surface area contributed by atoms with Crippen molar-refractivity contribution < 1.29 is 4.74 Å². The van der Waals surface area contributed by atoms with Crippen LogP contribution in [-0.2, 0) is 17.8 Å². The Balaban J connectivity index is 1.79. The molecule has 0 saturated heterocycles. The monoisotopic (exact) mass is 300 g/mol. The van der Waals surface area contributed by atoms with E-state index in [2.05, 4.69) is 57.2 Å². The van der Waals surface area contributed by atoms with Gasteiger partial charge in [-0.2, -0.15) is 11.3 Å². The van der Waals surface area contributed by atoms with Gasteiger partial charge >= 0.3 is 0 Å². The van der Waals surface area contributed by atoms with Gasteiger partial charge in [-0.3, -0.25) is 0 Å². The second-order valence-corrected chi connectivity index (χ2v) is 5.87. The summed E-state index contributed by atoms with van der Waals surface area (Å²) in [4.78, 5) is 0. The fraction of sp³-hybridized carbons (Fsp3) is 0.294. The van der Waals surface area contributed by atoms with Crippen molar-refractivity contribution in [2.24, 2.45) is 0 Å². The van der Waals surface area contributed by atoms with E-state index in [0.717, 1.165) is 26.2 Å². The highest BCUT2D eigenvalue weighted by Crippen LogP contribution is 2.21. The molecule has 1 aromatic carbocycles. The van der Waals surface area contributed by atoms with E-state index < -0.39 is 0 Å². The maximum Gasteiger partial charge on any atom is 0.0587 e. The third-order valence-corrected chi connectivity index (χ3v) is 4.37. The summed E-state index contributed by atoms with van der Waals surface area (Å²) in [7, 11) is 1.73. The largest absolute Gasteiger partial charge is 0.383 e. The first-order valence-electron chi connectivity index (χ1n) is 7.16. The third-order valence-electron chi connectivity index (χ3n) is 3.64. The van der Waals surface area contributed by atoms with Gasteiger partial charge < -0.3 is 14.6 Å². The lowest BCUT2D eigenvalue weighted by molar-refractivity contribution is 0.199. The van der Waals surface area contributed by atoms with Crippen molar-refractivity contribution in [2.45, 2.75) is 13.1 Å². The number of hydrogen-bond donors (Lipinski definition) is 1. The Morgan fingerprint density at radius 1 is 1.24 bits per heavy atom. The van der Waals surface area contributed by atoms with Crippen LogP contribution in [0.15, 0.2) is 47.3 Å². The number of fused-ring (bicyclic) bond motifs is 1. The molecule has 0 fully saturated rings. The van der Waals surface area contributed by atoms with Gasteiger partial charge in [0.05, 0.1) is 6.61 Å². The fourth-order valence-electron chi connectivity index (χ4n) is 2.56. The molecule has 3 nitrogen and oxygen atoms in total. The van der Waals surface area contributed by atoms with Gasteiger partial charge in [0.25, 0.3) is 0 Å². The molecule has 0 aliphatic heterocycles. The molecule has 0 spiro atoms. The van der Waals surface area contributed by atoms with Crippen LogP contribution in [0, 0.1) is 0 Å². The Bertz CT molecular complexity index is 688. The summed E-state index contributed by atoms with van der Waals surface area (Å²) in [6, 6.07) is 10.9. The summed E-state index contributed by atoms with van der Waals surface area (Å²) < 4.78 is 7.38. The van der Waals surface area contributed by atoms with Crippen LogP contribution in [0.4, 0.5) is 0 Å². The molecule has 110 valence electrons. The van der Waals surface area contributed by atoms with Crippen LogP contribution in [0.5, 0.6) is 0 Å². The maximum atomic E-state index is 5.06. The van der Waals surface area contributed by atoms with Crippen LogP contribution in [0.25, 0.3) is 10.9 Å². The number of thiophene rings is 1. The topological polar surface area (TPSA) is 26.2 Å². The summed E-state index contributed by atoms with van der Waals surface area (Å²) in [6.07, 6.45) is 2.18. The summed E-state index contributed by atoms with van der Waals surface area (Å²) in [5, 5.41) is 9.09. The third kappa shape index (κ3) is 3.35. The normalized spacial score (nSPS) is 11.3. The van der Waals surface area contributed by atoms with Crippen LogP contribution in [0.1, 0.15) is 11.1 Å². The zero-order chi connectivity index (χ0) is 14.5. The number of nitrogens with zero attached hydrogens (tertiary/aromatic N) is 1. The van der Waals surface area contributed by atoms with Gasteiger partial charge in [-0.25, -0.2) is 0 Å². The molecule has 0 aliphatic carbocycles. The number of hydrogen-bond acceptors (Lipinski definition) is 3. The first kappa shape index (κ1) is 14.3. The summed E-state index contributed by atoms with van der Waals surface area (Å²) >= 11 is 1.75.